The molecule has 15 heavy (non-hydrogen) atoms. The number of aromatic amines is 2. The minimum Gasteiger partial charge on any atom is -0.478 e. The molecule has 2 heterocycles. The summed E-state index contributed by atoms with van der Waals surface area (Å²) in [5, 5.41) is 15.0. The highest BCUT2D eigenvalue weighted by molar-refractivity contribution is 5.88. The van der Waals surface area contributed by atoms with E-state index in [-0.39, 0.29) is 16.7 Å². The van der Waals surface area contributed by atoms with Crippen molar-refractivity contribution in [3.8, 4) is 11.3 Å². The molecule has 0 spiro atoms. The number of aromatic carboxylic acids is 1. The lowest BCUT2D eigenvalue weighted by Gasteiger charge is -1.98. The van der Waals surface area contributed by atoms with Gasteiger partial charge in [0.25, 0.3) is 5.56 Å². The highest BCUT2D eigenvalue weighted by Gasteiger charge is 2.09. The summed E-state index contributed by atoms with van der Waals surface area (Å²) < 4.78 is 0. The molecule has 0 fully saturated rings. The van der Waals surface area contributed by atoms with Crippen molar-refractivity contribution in [3.05, 3.63) is 40.4 Å². The first-order chi connectivity index (χ1) is 7.18. The smallest absolute Gasteiger partial charge is 0.337 e. The van der Waals surface area contributed by atoms with E-state index in [9.17, 15) is 9.59 Å². The van der Waals surface area contributed by atoms with Gasteiger partial charge in [0, 0.05) is 12.4 Å². The molecule has 2 rings (SSSR count). The van der Waals surface area contributed by atoms with Crippen LogP contribution in [0.2, 0.25) is 0 Å². The third kappa shape index (κ3) is 1.64. The van der Waals surface area contributed by atoms with Crippen molar-refractivity contribution in [2.24, 2.45) is 0 Å². The third-order valence-corrected chi connectivity index (χ3v) is 1.94. The van der Waals surface area contributed by atoms with Gasteiger partial charge in [0.15, 0.2) is 0 Å². The number of aromatic nitrogens is 3. The van der Waals surface area contributed by atoms with Crippen LogP contribution in [0.3, 0.4) is 0 Å². The number of carboxylic acids is 1. The SMILES string of the molecule is O=C(O)c1c[nH]c(=O)c(-c2ccn[nH]2)c1. The monoisotopic (exact) mass is 205 g/mol. The van der Waals surface area contributed by atoms with E-state index in [1.807, 2.05) is 0 Å². The molecule has 0 aliphatic carbocycles. The van der Waals surface area contributed by atoms with Gasteiger partial charge >= 0.3 is 5.97 Å². The number of pyridine rings is 1. The maximum atomic E-state index is 11.4. The fourth-order valence-electron chi connectivity index (χ4n) is 1.21. The van der Waals surface area contributed by atoms with E-state index in [1.54, 1.807) is 6.07 Å². The van der Waals surface area contributed by atoms with Gasteiger partial charge in [-0.2, -0.15) is 5.10 Å². The Morgan fingerprint density at radius 1 is 1.47 bits per heavy atom. The summed E-state index contributed by atoms with van der Waals surface area (Å²) in [5.41, 5.74) is 0.412. The van der Waals surface area contributed by atoms with Crippen molar-refractivity contribution < 1.29 is 9.90 Å². The Kier molecular flexibility index (Phi) is 2.09. The molecule has 0 saturated heterocycles. The molecule has 0 unspecified atom stereocenters. The highest BCUT2D eigenvalue weighted by Crippen LogP contribution is 2.11. The average molecular weight is 205 g/mol. The molecule has 0 aliphatic heterocycles. The zero-order chi connectivity index (χ0) is 10.8. The number of carboxylic acid groups (broad SMARTS) is 1. The van der Waals surface area contributed by atoms with Crippen LogP contribution in [0.15, 0.2) is 29.3 Å². The van der Waals surface area contributed by atoms with Crippen LogP contribution < -0.4 is 5.56 Å². The summed E-state index contributed by atoms with van der Waals surface area (Å²) >= 11 is 0. The first-order valence-electron chi connectivity index (χ1n) is 4.14. The highest BCUT2D eigenvalue weighted by atomic mass is 16.4. The lowest BCUT2D eigenvalue weighted by Crippen LogP contribution is -2.11. The molecule has 6 nitrogen and oxygen atoms in total. The fraction of sp³-hybridized carbons (Fsp3) is 0. The van der Waals surface area contributed by atoms with Crippen molar-refractivity contribution >= 4 is 5.97 Å². The summed E-state index contributed by atoms with van der Waals surface area (Å²) in [5.74, 6) is -1.09. The largest absolute Gasteiger partial charge is 0.478 e. The van der Waals surface area contributed by atoms with Gasteiger partial charge in [0.1, 0.15) is 0 Å². The summed E-state index contributed by atoms with van der Waals surface area (Å²) in [6, 6.07) is 2.89. The Balaban J connectivity index is 2.61. The van der Waals surface area contributed by atoms with E-state index in [1.165, 1.54) is 12.3 Å². The van der Waals surface area contributed by atoms with Gasteiger partial charge in [-0.15, -0.1) is 0 Å². The second kappa shape index (κ2) is 3.41. The summed E-state index contributed by atoms with van der Waals surface area (Å²) in [6.45, 7) is 0. The Labute approximate surface area is 83.6 Å². The van der Waals surface area contributed by atoms with Crippen LogP contribution in [0, 0.1) is 0 Å². The van der Waals surface area contributed by atoms with E-state index >= 15 is 0 Å². The lowest BCUT2D eigenvalue weighted by atomic mass is 10.1. The van der Waals surface area contributed by atoms with Crippen molar-refractivity contribution in [1.82, 2.24) is 15.2 Å². The van der Waals surface area contributed by atoms with Gasteiger partial charge in [-0.05, 0) is 12.1 Å². The molecule has 0 amide bonds. The Morgan fingerprint density at radius 2 is 2.27 bits per heavy atom. The van der Waals surface area contributed by atoms with Gasteiger partial charge in [-0.3, -0.25) is 9.89 Å². The van der Waals surface area contributed by atoms with Crippen LogP contribution in [0.25, 0.3) is 11.3 Å². The molecule has 2 aromatic rings. The lowest BCUT2D eigenvalue weighted by molar-refractivity contribution is 0.0696. The number of nitrogens with zero attached hydrogens (tertiary/aromatic N) is 1. The molecular weight excluding hydrogens is 198 g/mol. The molecule has 0 radical (unpaired) electrons. The predicted octanol–water partition coefficient (Wildman–Crippen LogP) is 0.463. The zero-order valence-electron chi connectivity index (χ0n) is 7.52. The first-order valence-corrected chi connectivity index (χ1v) is 4.14. The van der Waals surface area contributed by atoms with Crippen molar-refractivity contribution in [2.45, 2.75) is 0 Å². The van der Waals surface area contributed by atoms with Gasteiger partial charge in [0.2, 0.25) is 0 Å². The fourth-order valence-corrected chi connectivity index (χ4v) is 1.21. The quantitative estimate of drug-likeness (QED) is 0.663. The Morgan fingerprint density at radius 3 is 2.87 bits per heavy atom. The number of hydrogen-bond donors (Lipinski definition) is 3. The number of nitrogens with one attached hydrogen (secondary N) is 2. The summed E-state index contributed by atoms with van der Waals surface area (Å²) in [4.78, 5) is 24.4. The molecule has 3 N–H and O–H groups in total. The topological polar surface area (TPSA) is 98.8 Å². The number of rotatable bonds is 2. The normalized spacial score (nSPS) is 10.1. The van der Waals surface area contributed by atoms with Crippen LogP contribution >= 0.6 is 0 Å². The van der Waals surface area contributed by atoms with Crippen LogP contribution in [0.4, 0.5) is 0 Å². The van der Waals surface area contributed by atoms with Crippen molar-refractivity contribution in [3.63, 3.8) is 0 Å². The first kappa shape index (κ1) is 9.20. The standard InChI is InChI=1S/C9H7N3O3/c13-8-6(7-1-2-11-12-7)3-5(4-10-8)9(14)15/h1-4H,(H,10,13)(H,11,12)(H,14,15). The average Bonchev–Trinajstić information content (AvgIpc) is 2.71. The van der Waals surface area contributed by atoms with Crippen LogP contribution in [0.5, 0.6) is 0 Å². The van der Waals surface area contributed by atoms with Gasteiger partial charge in [-0.25, -0.2) is 4.79 Å². The van der Waals surface area contributed by atoms with E-state index in [2.05, 4.69) is 15.2 Å². The molecule has 0 bridgehead atoms. The van der Waals surface area contributed by atoms with E-state index in [0.29, 0.717) is 5.69 Å². The molecule has 0 saturated carbocycles. The van der Waals surface area contributed by atoms with Gasteiger partial charge in [-0.1, -0.05) is 0 Å². The van der Waals surface area contributed by atoms with Crippen molar-refractivity contribution in [1.29, 1.82) is 0 Å². The minimum absolute atomic E-state index is 0.0270. The maximum absolute atomic E-state index is 11.4. The summed E-state index contributed by atoms with van der Waals surface area (Å²) in [6.07, 6.45) is 2.65. The van der Waals surface area contributed by atoms with Crippen molar-refractivity contribution in [2.75, 3.05) is 0 Å². The van der Waals surface area contributed by atoms with E-state index in [4.69, 9.17) is 5.11 Å². The number of carbonyl (C=O) groups is 1. The number of H-pyrrole nitrogens is 2. The van der Waals surface area contributed by atoms with Crippen LogP contribution in [-0.4, -0.2) is 26.3 Å². The molecule has 0 atom stereocenters. The summed E-state index contributed by atoms with van der Waals surface area (Å²) in [7, 11) is 0. The van der Waals surface area contributed by atoms with E-state index in [0.717, 1.165) is 6.20 Å². The van der Waals surface area contributed by atoms with Crippen LogP contribution in [-0.2, 0) is 0 Å². The minimum atomic E-state index is -1.09. The maximum Gasteiger partial charge on any atom is 0.337 e. The molecular formula is C9H7N3O3. The molecule has 0 aromatic carbocycles. The molecule has 6 heteroatoms. The van der Waals surface area contributed by atoms with Gasteiger partial charge < -0.3 is 10.1 Å². The second-order valence-corrected chi connectivity index (χ2v) is 2.91. The van der Waals surface area contributed by atoms with Gasteiger partial charge in [0.05, 0.1) is 16.8 Å². The molecule has 0 aliphatic rings. The Hall–Kier alpha value is -2.37. The zero-order valence-corrected chi connectivity index (χ0v) is 7.52. The number of hydrogen-bond acceptors (Lipinski definition) is 3. The van der Waals surface area contributed by atoms with Crippen LogP contribution in [0.1, 0.15) is 10.4 Å². The Bertz CT molecular complexity index is 542. The van der Waals surface area contributed by atoms with E-state index < -0.39 is 5.97 Å². The molecule has 2 aromatic heterocycles. The third-order valence-electron chi connectivity index (χ3n) is 1.94. The molecule has 76 valence electrons. The second-order valence-electron chi connectivity index (χ2n) is 2.91. The predicted molar refractivity (Wildman–Crippen MR) is 51.6 cm³/mol.